The molecular weight excluding hydrogens is 227 g/mol. The zero-order chi connectivity index (χ0) is 9.59. The summed E-state index contributed by atoms with van der Waals surface area (Å²) >= 11 is 5.87. The molecule has 0 saturated heterocycles. The van der Waals surface area contributed by atoms with Gasteiger partial charge in [0.05, 0.1) is 10.7 Å². The summed E-state index contributed by atoms with van der Waals surface area (Å²) in [6.07, 6.45) is 0.710. The Balaban J connectivity index is 2.63. The van der Waals surface area contributed by atoms with Crippen LogP contribution in [0.25, 0.3) is 0 Å². The van der Waals surface area contributed by atoms with Gasteiger partial charge < -0.3 is 5.73 Å². The van der Waals surface area contributed by atoms with Crippen LogP contribution in [0.5, 0.6) is 0 Å². The summed E-state index contributed by atoms with van der Waals surface area (Å²) in [4.78, 5) is 1.81. The SMILES string of the molecule is NC1=S(Cl)c2cc(N)c(Cl)cc2C1. The number of fused-ring (bicyclic) bond motifs is 1. The van der Waals surface area contributed by atoms with Gasteiger partial charge in [-0.1, -0.05) is 11.6 Å². The molecule has 5 heteroatoms. The summed E-state index contributed by atoms with van der Waals surface area (Å²) in [7, 11) is 5.60. The van der Waals surface area contributed by atoms with E-state index in [2.05, 4.69) is 0 Å². The molecule has 13 heavy (non-hydrogen) atoms. The first-order valence-corrected chi connectivity index (χ1v) is 6.12. The average Bonchev–Trinajstić information content (AvgIpc) is 2.32. The minimum atomic E-state index is -0.483. The molecule has 0 aliphatic carbocycles. The molecule has 0 saturated carbocycles. The van der Waals surface area contributed by atoms with E-state index in [0.29, 0.717) is 17.1 Å². The van der Waals surface area contributed by atoms with Crippen molar-refractivity contribution in [3.8, 4) is 0 Å². The third kappa shape index (κ3) is 1.46. The lowest BCUT2D eigenvalue weighted by Gasteiger charge is -2.03. The number of benzene rings is 1. The van der Waals surface area contributed by atoms with Gasteiger partial charge in [0.1, 0.15) is 0 Å². The van der Waals surface area contributed by atoms with E-state index in [-0.39, 0.29) is 0 Å². The fourth-order valence-corrected chi connectivity index (χ4v) is 3.24. The highest BCUT2D eigenvalue weighted by atomic mass is 35.7. The van der Waals surface area contributed by atoms with E-state index < -0.39 is 9.70 Å². The van der Waals surface area contributed by atoms with Crippen molar-refractivity contribution >= 4 is 42.7 Å². The monoisotopic (exact) mass is 234 g/mol. The molecule has 1 aliphatic heterocycles. The van der Waals surface area contributed by atoms with Crippen molar-refractivity contribution in [2.75, 3.05) is 5.73 Å². The summed E-state index contributed by atoms with van der Waals surface area (Å²) < 4.78 is 0. The molecule has 1 heterocycles. The van der Waals surface area contributed by atoms with E-state index >= 15 is 0 Å². The van der Waals surface area contributed by atoms with Crippen molar-refractivity contribution in [3.63, 3.8) is 0 Å². The smallest absolute Gasteiger partial charge is 0.0639 e. The van der Waals surface area contributed by atoms with Crippen molar-refractivity contribution in [1.29, 1.82) is 0 Å². The topological polar surface area (TPSA) is 52.0 Å². The zero-order valence-electron chi connectivity index (χ0n) is 6.68. The first-order valence-electron chi connectivity index (χ1n) is 3.69. The summed E-state index contributed by atoms with van der Waals surface area (Å²) in [5.74, 6) is 0. The van der Waals surface area contributed by atoms with Gasteiger partial charge in [0.15, 0.2) is 0 Å². The van der Waals surface area contributed by atoms with Crippen LogP contribution in [0.15, 0.2) is 17.0 Å². The van der Waals surface area contributed by atoms with Crippen LogP contribution in [0.2, 0.25) is 5.02 Å². The first-order chi connectivity index (χ1) is 6.09. The highest BCUT2D eigenvalue weighted by Crippen LogP contribution is 2.43. The van der Waals surface area contributed by atoms with Gasteiger partial charge in [-0.05, 0) is 38.1 Å². The quantitative estimate of drug-likeness (QED) is 0.535. The lowest BCUT2D eigenvalue weighted by molar-refractivity contribution is 1.25. The Morgan fingerprint density at radius 3 is 2.69 bits per heavy atom. The Labute approximate surface area is 88.2 Å². The van der Waals surface area contributed by atoms with E-state index in [1.165, 1.54) is 0 Å². The molecule has 4 N–H and O–H groups in total. The van der Waals surface area contributed by atoms with Gasteiger partial charge in [-0.2, -0.15) is 0 Å². The van der Waals surface area contributed by atoms with Gasteiger partial charge in [-0.3, -0.25) is 5.73 Å². The van der Waals surface area contributed by atoms with Crippen LogP contribution < -0.4 is 11.5 Å². The maximum Gasteiger partial charge on any atom is 0.0639 e. The van der Waals surface area contributed by atoms with Gasteiger partial charge in [-0.25, -0.2) is 0 Å². The molecule has 2 rings (SSSR count). The lowest BCUT2D eigenvalue weighted by Crippen LogP contribution is -2.09. The van der Waals surface area contributed by atoms with E-state index in [1.54, 1.807) is 0 Å². The van der Waals surface area contributed by atoms with Gasteiger partial charge in [0.25, 0.3) is 0 Å². The highest BCUT2D eigenvalue weighted by molar-refractivity contribution is 8.35. The number of hydrogen-bond donors (Lipinski definition) is 2. The summed E-state index contributed by atoms with van der Waals surface area (Å²) in [5, 5.41) is 0.571. The van der Waals surface area contributed by atoms with Crippen molar-refractivity contribution in [2.45, 2.75) is 11.3 Å². The molecule has 0 radical (unpaired) electrons. The van der Waals surface area contributed by atoms with Crippen LogP contribution in [0, 0.1) is 0 Å². The van der Waals surface area contributed by atoms with Crippen LogP contribution >= 0.6 is 32.0 Å². The third-order valence-electron chi connectivity index (χ3n) is 1.97. The molecular formula is C8H8Cl2N2S. The fourth-order valence-electron chi connectivity index (χ4n) is 1.31. The van der Waals surface area contributed by atoms with Crippen LogP contribution in [0.1, 0.15) is 5.56 Å². The van der Waals surface area contributed by atoms with Gasteiger partial charge in [-0.15, -0.1) is 0 Å². The fraction of sp³-hybridized carbons (Fsp3) is 0.125. The first kappa shape index (κ1) is 9.34. The van der Waals surface area contributed by atoms with E-state index in [4.69, 9.17) is 33.8 Å². The Morgan fingerprint density at radius 1 is 1.31 bits per heavy atom. The normalized spacial score (nSPS) is 20.5. The van der Waals surface area contributed by atoms with Crippen LogP contribution in [0.3, 0.4) is 0 Å². The van der Waals surface area contributed by atoms with E-state index in [9.17, 15) is 0 Å². The number of nitrogens with two attached hydrogens (primary N) is 2. The number of hydrogen-bond acceptors (Lipinski definition) is 2. The number of rotatable bonds is 0. The van der Waals surface area contributed by atoms with Gasteiger partial charge >= 0.3 is 0 Å². The van der Waals surface area contributed by atoms with Crippen LogP contribution in [-0.2, 0) is 6.42 Å². The lowest BCUT2D eigenvalue weighted by atomic mass is 10.1. The number of halogens is 2. The predicted molar refractivity (Wildman–Crippen MR) is 60.5 cm³/mol. The van der Waals surface area contributed by atoms with Gasteiger partial charge in [0.2, 0.25) is 0 Å². The molecule has 1 aromatic rings. The molecule has 0 bridgehead atoms. The third-order valence-corrected chi connectivity index (χ3v) is 4.76. The van der Waals surface area contributed by atoms with E-state index in [0.717, 1.165) is 15.4 Å². The second kappa shape index (κ2) is 3.17. The maximum absolute atomic E-state index is 6.08. The molecule has 1 atom stereocenters. The number of nitrogen functional groups attached to an aromatic ring is 1. The second-order valence-electron chi connectivity index (χ2n) is 2.88. The summed E-state index contributed by atoms with van der Waals surface area (Å²) in [5.41, 5.74) is 13.1. The van der Waals surface area contributed by atoms with E-state index in [1.807, 2.05) is 12.1 Å². The standard InChI is InChI=1S/C8H8Cl2N2S/c9-5-1-4-2-8(12)13(10)7(4)3-6(5)11/h1,3H,2,11-12H2. The van der Waals surface area contributed by atoms with Crippen molar-refractivity contribution in [3.05, 3.63) is 22.7 Å². The molecule has 0 spiro atoms. The van der Waals surface area contributed by atoms with Crippen molar-refractivity contribution in [1.82, 2.24) is 0 Å². The maximum atomic E-state index is 6.08. The minimum absolute atomic E-state index is 0.483. The Kier molecular flexibility index (Phi) is 2.28. The Morgan fingerprint density at radius 2 is 2.00 bits per heavy atom. The van der Waals surface area contributed by atoms with Crippen molar-refractivity contribution < 1.29 is 0 Å². The largest absolute Gasteiger partial charge is 0.397 e. The Bertz CT molecular complexity index is 415. The molecule has 70 valence electrons. The molecule has 1 aliphatic rings. The zero-order valence-corrected chi connectivity index (χ0v) is 9.01. The molecule has 0 amide bonds. The Hall–Kier alpha value is -0.220. The minimum Gasteiger partial charge on any atom is -0.397 e. The molecule has 2 nitrogen and oxygen atoms in total. The highest BCUT2D eigenvalue weighted by Gasteiger charge is 2.18. The van der Waals surface area contributed by atoms with Gasteiger partial charge in [0, 0.05) is 16.3 Å². The summed E-state index contributed by atoms with van der Waals surface area (Å²) in [6.45, 7) is 0. The predicted octanol–water partition coefficient (Wildman–Crippen LogP) is 2.35. The van der Waals surface area contributed by atoms with Crippen molar-refractivity contribution in [2.24, 2.45) is 5.73 Å². The molecule has 1 unspecified atom stereocenters. The molecule has 1 aromatic carbocycles. The summed E-state index contributed by atoms with van der Waals surface area (Å²) in [6, 6.07) is 3.65. The van der Waals surface area contributed by atoms with Crippen LogP contribution in [-0.4, -0.2) is 4.99 Å². The van der Waals surface area contributed by atoms with Crippen LogP contribution in [0.4, 0.5) is 5.69 Å². The molecule has 0 fully saturated rings. The molecule has 0 aromatic heterocycles. The number of anilines is 1. The second-order valence-corrected chi connectivity index (χ2v) is 5.69. The average molecular weight is 235 g/mol.